The monoisotopic (exact) mass is 352 g/mol. The first-order valence-corrected chi connectivity index (χ1v) is 6.87. The fourth-order valence-electron chi connectivity index (χ4n) is 1.50. The van der Waals surface area contributed by atoms with E-state index in [0.29, 0.717) is 5.02 Å². The Morgan fingerprint density at radius 3 is 2.55 bits per heavy atom. The first-order valence-electron chi connectivity index (χ1n) is 5.36. The molecule has 0 fully saturated rings. The highest BCUT2D eigenvalue weighted by Gasteiger charge is 2.36. The summed E-state index contributed by atoms with van der Waals surface area (Å²) in [6, 6.07) is 6.55. The minimum atomic E-state index is -1.80. The Hall–Kier alpha value is -1.01. The first kappa shape index (κ1) is 15.4. The van der Waals surface area contributed by atoms with Gasteiger partial charge in [-0.3, -0.25) is 4.79 Å². The van der Waals surface area contributed by atoms with Crippen molar-refractivity contribution in [1.29, 1.82) is 0 Å². The summed E-state index contributed by atoms with van der Waals surface area (Å²) >= 11 is 23.5. The summed E-state index contributed by atoms with van der Waals surface area (Å²) in [7, 11) is 0. The summed E-state index contributed by atoms with van der Waals surface area (Å²) in [5.41, 5.74) is 0.272. The molecule has 0 aliphatic carbocycles. The topological polar surface area (TPSA) is 59.8 Å². The Balaban J connectivity index is 2.26. The number of alkyl halides is 3. The standard InChI is InChI=1S/C11H8Cl4N4O/c12-8-4-2-1-3-7(8)9(20)18-10(11(13,14)15)19-6-16-5-17-19/h1-6,10H,(H,18,20)/t10-/m0/s1. The summed E-state index contributed by atoms with van der Waals surface area (Å²) in [4.78, 5) is 15.9. The fourth-order valence-corrected chi connectivity index (χ4v) is 2.18. The van der Waals surface area contributed by atoms with Crippen molar-refractivity contribution >= 4 is 52.3 Å². The molecule has 1 aromatic carbocycles. The van der Waals surface area contributed by atoms with Crippen LogP contribution in [0.25, 0.3) is 0 Å². The van der Waals surface area contributed by atoms with E-state index < -0.39 is 15.9 Å². The van der Waals surface area contributed by atoms with Crippen LogP contribution in [0.1, 0.15) is 16.5 Å². The average molecular weight is 354 g/mol. The van der Waals surface area contributed by atoms with Crippen LogP contribution in [0.15, 0.2) is 36.9 Å². The number of carbonyl (C=O) groups excluding carboxylic acids is 1. The largest absolute Gasteiger partial charge is 0.326 e. The number of hydrogen-bond donors (Lipinski definition) is 1. The lowest BCUT2D eigenvalue weighted by Crippen LogP contribution is -2.40. The summed E-state index contributed by atoms with van der Waals surface area (Å²) in [6.07, 6.45) is 1.59. The summed E-state index contributed by atoms with van der Waals surface area (Å²) in [6.45, 7) is 0. The minimum Gasteiger partial charge on any atom is -0.326 e. The lowest BCUT2D eigenvalue weighted by molar-refractivity contribution is 0.0916. The lowest BCUT2D eigenvalue weighted by Gasteiger charge is -2.25. The van der Waals surface area contributed by atoms with Crippen molar-refractivity contribution in [2.45, 2.75) is 9.96 Å². The van der Waals surface area contributed by atoms with Crippen LogP contribution in [0.2, 0.25) is 5.02 Å². The zero-order valence-corrected chi connectivity index (χ0v) is 12.8. The number of amides is 1. The Morgan fingerprint density at radius 1 is 1.30 bits per heavy atom. The maximum Gasteiger partial charge on any atom is 0.254 e. The lowest BCUT2D eigenvalue weighted by atomic mass is 10.2. The van der Waals surface area contributed by atoms with Gasteiger partial charge in [0, 0.05) is 0 Å². The SMILES string of the molecule is O=C(N[C@@H](n1cncn1)C(Cl)(Cl)Cl)c1ccccc1Cl. The van der Waals surface area contributed by atoms with Crippen LogP contribution in [-0.2, 0) is 0 Å². The van der Waals surface area contributed by atoms with Crippen LogP contribution in [0.5, 0.6) is 0 Å². The van der Waals surface area contributed by atoms with E-state index >= 15 is 0 Å². The molecule has 1 aromatic heterocycles. The average Bonchev–Trinajstić information content (AvgIpc) is 2.88. The molecule has 0 aliphatic rings. The number of benzene rings is 1. The van der Waals surface area contributed by atoms with E-state index in [-0.39, 0.29) is 5.56 Å². The second-order valence-electron chi connectivity index (χ2n) is 3.77. The van der Waals surface area contributed by atoms with E-state index in [9.17, 15) is 4.79 Å². The summed E-state index contributed by atoms with van der Waals surface area (Å²) in [5.74, 6) is -0.484. The van der Waals surface area contributed by atoms with Gasteiger partial charge in [0.1, 0.15) is 12.7 Å². The second-order valence-corrected chi connectivity index (χ2v) is 6.55. The molecule has 20 heavy (non-hydrogen) atoms. The van der Waals surface area contributed by atoms with Crippen LogP contribution in [-0.4, -0.2) is 24.5 Å². The van der Waals surface area contributed by atoms with Gasteiger partial charge in [0.05, 0.1) is 10.6 Å². The molecule has 106 valence electrons. The van der Waals surface area contributed by atoms with E-state index in [1.54, 1.807) is 24.3 Å². The van der Waals surface area contributed by atoms with Gasteiger partial charge < -0.3 is 5.32 Å². The number of nitrogens with one attached hydrogen (secondary N) is 1. The molecule has 1 N–H and O–H groups in total. The van der Waals surface area contributed by atoms with Crippen LogP contribution in [0.4, 0.5) is 0 Å². The first-order chi connectivity index (χ1) is 9.39. The van der Waals surface area contributed by atoms with Crippen molar-refractivity contribution in [3.63, 3.8) is 0 Å². The zero-order chi connectivity index (χ0) is 14.8. The van der Waals surface area contributed by atoms with Crippen molar-refractivity contribution in [2.75, 3.05) is 0 Å². The van der Waals surface area contributed by atoms with E-state index in [2.05, 4.69) is 15.4 Å². The third-order valence-electron chi connectivity index (χ3n) is 2.40. The van der Waals surface area contributed by atoms with Crippen molar-refractivity contribution in [3.8, 4) is 0 Å². The van der Waals surface area contributed by atoms with Gasteiger partial charge in [-0.1, -0.05) is 58.5 Å². The fraction of sp³-hybridized carbons (Fsp3) is 0.182. The third-order valence-corrected chi connectivity index (χ3v) is 3.35. The molecule has 0 unspecified atom stereocenters. The Bertz CT molecular complexity index is 597. The molecule has 2 aromatic rings. The highest BCUT2D eigenvalue weighted by molar-refractivity contribution is 6.67. The van der Waals surface area contributed by atoms with Crippen molar-refractivity contribution in [2.24, 2.45) is 0 Å². The molecule has 9 heteroatoms. The third kappa shape index (κ3) is 3.55. The summed E-state index contributed by atoms with van der Waals surface area (Å²) < 4.78 is -0.563. The molecular weight excluding hydrogens is 346 g/mol. The number of halogens is 4. The molecule has 0 saturated heterocycles. The van der Waals surface area contributed by atoms with E-state index in [4.69, 9.17) is 46.4 Å². The Kier molecular flexibility index (Phi) is 4.75. The number of rotatable bonds is 3. The van der Waals surface area contributed by atoms with E-state index in [1.165, 1.54) is 17.3 Å². The minimum absolute atomic E-state index is 0.272. The molecule has 0 radical (unpaired) electrons. The number of carbonyl (C=O) groups is 1. The molecule has 2 rings (SSSR count). The molecule has 1 atom stereocenters. The molecule has 5 nitrogen and oxygen atoms in total. The maximum atomic E-state index is 12.2. The van der Waals surface area contributed by atoms with Gasteiger partial charge in [-0.2, -0.15) is 5.10 Å². The van der Waals surface area contributed by atoms with Gasteiger partial charge in [-0.05, 0) is 12.1 Å². The maximum absolute atomic E-state index is 12.2. The molecule has 0 bridgehead atoms. The molecule has 0 aliphatic heterocycles. The highest BCUT2D eigenvalue weighted by Crippen LogP contribution is 2.36. The Labute approximate surface area is 134 Å². The smallest absolute Gasteiger partial charge is 0.254 e. The molecule has 0 saturated carbocycles. The van der Waals surface area contributed by atoms with Gasteiger partial charge >= 0.3 is 0 Å². The molecular formula is C11H8Cl4N4O. The van der Waals surface area contributed by atoms with Gasteiger partial charge in [0.2, 0.25) is 3.79 Å². The van der Waals surface area contributed by atoms with Crippen LogP contribution in [0, 0.1) is 0 Å². The van der Waals surface area contributed by atoms with Crippen molar-refractivity contribution < 1.29 is 4.79 Å². The van der Waals surface area contributed by atoms with Crippen molar-refractivity contribution in [3.05, 3.63) is 47.5 Å². The summed E-state index contributed by atoms with van der Waals surface area (Å²) in [5, 5.41) is 6.71. The quantitative estimate of drug-likeness (QED) is 0.862. The van der Waals surface area contributed by atoms with Gasteiger partial charge in [0.25, 0.3) is 5.91 Å². The van der Waals surface area contributed by atoms with E-state index in [1.807, 2.05) is 0 Å². The zero-order valence-electron chi connectivity index (χ0n) is 9.80. The van der Waals surface area contributed by atoms with Crippen LogP contribution in [0.3, 0.4) is 0 Å². The predicted octanol–water partition coefficient (Wildman–Crippen LogP) is 3.23. The second kappa shape index (κ2) is 6.18. The highest BCUT2D eigenvalue weighted by atomic mass is 35.6. The number of hydrogen-bond acceptors (Lipinski definition) is 3. The molecule has 1 amide bonds. The predicted molar refractivity (Wildman–Crippen MR) is 78.3 cm³/mol. The number of aromatic nitrogens is 3. The van der Waals surface area contributed by atoms with Crippen molar-refractivity contribution in [1.82, 2.24) is 20.1 Å². The molecule has 1 heterocycles. The van der Waals surface area contributed by atoms with Crippen LogP contribution < -0.4 is 5.32 Å². The van der Waals surface area contributed by atoms with Gasteiger partial charge in [0.15, 0.2) is 6.17 Å². The van der Waals surface area contributed by atoms with Gasteiger partial charge in [-0.25, -0.2) is 9.67 Å². The normalized spacial score (nSPS) is 13.0. The number of nitrogens with zero attached hydrogens (tertiary/aromatic N) is 3. The molecule has 0 spiro atoms. The van der Waals surface area contributed by atoms with E-state index in [0.717, 1.165) is 0 Å². The Morgan fingerprint density at radius 2 is 2.00 bits per heavy atom. The van der Waals surface area contributed by atoms with Crippen LogP contribution >= 0.6 is 46.4 Å². The van der Waals surface area contributed by atoms with Gasteiger partial charge in [-0.15, -0.1) is 0 Å².